The first-order valence-corrected chi connectivity index (χ1v) is 49.1. The quantitative estimate of drug-likeness (QED) is 0.0130. The van der Waals surface area contributed by atoms with Gasteiger partial charge in [-0.3, -0.25) is 4.79 Å². The van der Waals surface area contributed by atoms with Gasteiger partial charge in [-0.25, -0.2) is 24.4 Å². The summed E-state index contributed by atoms with van der Waals surface area (Å²) in [6, 6.07) is 40.6. The zero-order chi connectivity index (χ0) is 82.8. The van der Waals surface area contributed by atoms with Crippen LogP contribution in [-0.4, -0.2) is 178 Å². The molecule has 30 heteroatoms. The molecule has 116 heavy (non-hydrogen) atoms. The fraction of sp³-hybridized carbons (Fsp3) is 0.442. The molecule has 0 unspecified atom stereocenters. The van der Waals surface area contributed by atoms with Crippen molar-refractivity contribution in [2.45, 2.75) is 152 Å². The molecule has 2 aliphatic rings. The summed E-state index contributed by atoms with van der Waals surface area (Å²) in [7, 11) is -11.6. The monoisotopic (exact) mass is 1660 g/mol. The van der Waals surface area contributed by atoms with Crippen LogP contribution < -0.4 is 31.9 Å². The number of nitrogens with zero attached hydrogens (tertiary/aromatic N) is 2. The van der Waals surface area contributed by atoms with E-state index in [9.17, 15) is 19.2 Å². The van der Waals surface area contributed by atoms with Crippen molar-refractivity contribution in [3.05, 3.63) is 150 Å². The molecule has 0 spiro atoms. The fourth-order valence-electron chi connectivity index (χ4n) is 14.4. The third kappa shape index (κ3) is 25.7. The van der Waals surface area contributed by atoms with Crippen LogP contribution in [0.3, 0.4) is 0 Å². The number of ketones is 1. The molecule has 0 atom stereocenters. The van der Waals surface area contributed by atoms with Crippen LogP contribution in [0, 0.1) is 0 Å². The summed E-state index contributed by atoms with van der Waals surface area (Å²) in [6.45, 7) is 30.0. The Hall–Kier alpha value is -8.65. The average Bonchev–Trinajstić information content (AvgIpc) is 1.61. The van der Waals surface area contributed by atoms with Crippen molar-refractivity contribution in [1.82, 2.24) is 35.9 Å². The number of hydrogen-bond acceptors (Lipinski definition) is 18. The van der Waals surface area contributed by atoms with Gasteiger partial charge < -0.3 is 95.0 Å². The van der Waals surface area contributed by atoms with Crippen molar-refractivity contribution in [2.24, 2.45) is 0 Å². The van der Waals surface area contributed by atoms with Crippen molar-refractivity contribution in [3.8, 4) is 44.5 Å². The van der Waals surface area contributed by atoms with Crippen molar-refractivity contribution >= 4 is 123 Å². The minimum Gasteiger partial charge on any atom is -0.374 e. The number of Topliss-reactive ketones (excluding diaryl/α,β-unsaturated/α-hetero) is 1. The molecule has 9 rings (SSSR count). The van der Waals surface area contributed by atoms with E-state index < -0.39 is 35.2 Å². The summed E-state index contributed by atoms with van der Waals surface area (Å²) in [4.78, 5) is 73.3. The molecular formula is C86H120N10O16Si4. The Bertz CT molecular complexity index is 3910. The second-order valence-corrected chi connectivity index (χ2v) is 38.2. The Balaban J connectivity index is 1.13. The first-order valence-electron chi connectivity index (χ1n) is 41.3. The van der Waals surface area contributed by atoms with Gasteiger partial charge in [0.15, 0.2) is 0 Å². The summed E-state index contributed by atoms with van der Waals surface area (Å²) >= 11 is 0. The maximum atomic E-state index is 13.8. The van der Waals surface area contributed by atoms with E-state index in [-0.39, 0.29) is 30.3 Å². The molecular weight excluding hydrogens is 1540 g/mol. The lowest BCUT2D eigenvalue weighted by Gasteiger charge is -2.28. The van der Waals surface area contributed by atoms with Crippen LogP contribution >= 0.6 is 0 Å². The molecule has 7 aromatic rings. The van der Waals surface area contributed by atoms with E-state index in [1.54, 1.807) is 0 Å². The highest BCUT2D eigenvalue weighted by Crippen LogP contribution is 2.40. The third-order valence-corrected chi connectivity index (χ3v) is 31.7. The molecule has 4 aromatic carbocycles. The van der Waals surface area contributed by atoms with Crippen molar-refractivity contribution in [3.63, 3.8) is 0 Å². The molecule has 0 aliphatic carbocycles. The number of benzene rings is 4. The number of carbonyl (C=O) groups excluding carboxylic acids is 4. The van der Waals surface area contributed by atoms with Gasteiger partial charge in [-0.1, -0.05) is 60.7 Å². The summed E-state index contributed by atoms with van der Waals surface area (Å²) in [5, 5.41) is 18.1. The van der Waals surface area contributed by atoms with Crippen LogP contribution in [0.1, 0.15) is 150 Å². The number of H-pyrrole nitrogens is 2. The van der Waals surface area contributed by atoms with E-state index >= 15 is 0 Å². The zero-order valence-electron chi connectivity index (χ0n) is 69.7. The summed E-state index contributed by atoms with van der Waals surface area (Å²) in [5.41, 5.74) is 14.6. The lowest BCUT2D eigenvalue weighted by molar-refractivity contribution is -0.118. The number of aromatic nitrogens is 4. The van der Waals surface area contributed by atoms with Crippen LogP contribution in [0.25, 0.3) is 90.9 Å². The second kappa shape index (κ2) is 46.5. The Kier molecular flexibility index (Phi) is 36.6. The number of urea groups is 3. The Morgan fingerprint density at radius 2 is 0.534 bits per heavy atom. The minimum atomic E-state index is -2.91. The molecule has 0 saturated heterocycles. The van der Waals surface area contributed by atoms with E-state index in [4.69, 9.17) is 63.1 Å². The molecule has 26 nitrogen and oxygen atoms in total. The molecule has 6 amide bonds. The molecule has 5 heterocycles. The Morgan fingerprint density at radius 3 is 0.776 bits per heavy atom. The molecule has 0 radical (unpaired) electrons. The van der Waals surface area contributed by atoms with Gasteiger partial charge >= 0.3 is 53.3 Å². The van der Waals surface area contributed by atoms with E-state index in [0.717, 1.165) is 78.6 Å². The van der Waals surface area contributed by atoms with Crippen LogP contribution in [0.5, 0.6) is 0 Å². The van der Waals surface area contributed by atoms with E-state index in [1.807, 2.05) is 223 Å². The molecule has 0 saturated carbocycles. The number of aromatic amines is 2. The van der Waals surface area contributed by atoms with Gasteiger partial charge in [0.2, 0.25) is 0 Å². The lowest BCUT2D eigenvalue weighted by atomic mass is 9.99. The highest BCUT2D eigenvalue weighted by atomic mass is 28.4. The standard InChI is InChI=1S/C86H120N10O16Si4/c1-13-101-113(102-14-2,103-15-3)58-26-25-30-71(97)62-63-31-33-64(34-32-63)80-72-47-49-74(93-72)81(65-35-41-68(42-36-65)90-84(98)87-55-27-59-114(104-16-4,105-17-5)106-18-6)76-51-53-78(95-76)83(67-39-45-70(46-40-67)92-86(100)89-57-29-61-116(110-22-10,111-23-11)112-24-12)79-54-52-77(96-79)82(75-50-48-73(80)94-75)66-37-43-69(44-38-66)91-85(99)88-56-28-60-115(107-19-7,108-20-8)109-21-9/h31-54,93,96H,13-30,55-62H2,1-12H3,(H2,87,90,98)(H2,88,91,99)(H2,89,92,100). The number of nitrogens with one attached hydrogen (secondary N) is 8. The summed E-state index contributed by atoms with van der Waals surface area (Å²) < 4.78 is 72.8. The van der Waals surface area contributed by atoms with Gasteiger partial charge in [-0.05, 0) is 228 Å². The fourth-order valence-corrected chi connectivity index (χ4v) is 24.9. The first-order chi connectivity index (χ1) is 56.4. The van der Waals surface area contributed by atoms with Crippen LogP contribution in [-0.2, 0) is 64.3 Å². The van der Waals surface area contributed by atoms with Crippen molar-refractivity contribution < 1.29 is 72.3 Å². The van der Waals surface area contributed by atoms with Crippen molar-refractivity contribution in [2.75, 3.05) is 115 Å². The van der Waals surface area contributed by atoms with Gasteiger partial charge in [-0.2, -0.15) is 0 Å². The SMILES string of the molecule is CCO[Si](CCCCC(=O)Cc1ccc(-c2c3nc(c(-c4ccc(NC(=O)NCCC[Si](OCC)(OCC)OCC)cc4)c4ccc([nH]4)c(-c4ccc(NC(=O)NCCC[Si](OCC)(OCC)OCC)cc4)c4nc(c(-c5ccc(NC(=O)NCCC[Si](OCC)(OCC)OCC)cc5)c5ccc2[nH]5)C=C4)C=C3)cc1)(OCC)OCC. The van der Waals surface area contributed by atoms with E-state index in [0.29, 0.717) is 195 Å². The predicted octanol–water partition coefficient (Wildman–Crippen LogP) is 18.3. The van der Waals surface area contributed by atoms with Gasteiger partial charge in [0.05, 0.1) is 22.8 Å². The number of hydrogen-bond donors (Lipinski definition) is 8. The number of rotatable bonds is 50. The van der Waals surface area contributed by atoms with Gasteiger partial charge in [0, 0.05) is 197 Å². The summed E-state index contributed by atoms with van der Waals surface area (Å²) in [5.74, 6) is 0.132. The molecule has 3 aromatic heterocycles. The van der Waals surface area contributed by atoms with E-state index in [2.05, 4.69) is 47.9 Å². The Morgan fingerprint density at radius 1 is 0.302 bits per heavy atom. The number of unbranched alkanes of at least 4 members (excludes halogenated alkanes) is 1. The molecule has 2 aliphatic heterocycles. The van der Waals surface area contributed by atoms with Gasteiger partial charge in [-0.15, -0.1) is 0 Å². The maximum absolute atomic E-state index is 13.8. The van der Waals surface area contributed by atoms with Crippen LogP contribution in [0.15, 0.2) is 121 Å². The molecule has 0 fully saturated rings. The number of carbonyl (C=O) groups is 4. The first kappa shape index (κ1) is 91.2. The molecule has 626 valence electrons. The summed E-state index contributed by atoms with van der Waals surface area (Å²) in [6.07, 6.45) is 12.0. The van der Waals surface area contributed by atoms with Gasteiger partial charge in [0.1, 0.15) is 5.78 Å². The second-order valence-electron chi connectivity index (χ2n) is 27.2. The van der Waals surface area contributed by atoms with Crippen LogP contribution in [0.4, 0.5) is 31.4 Å². The number of anilines is 3. The molecule has 8 bridgehead atoms. The zero-order valence-corrected chi connectivity index (χ0v) is 73.7. The van der Waals surface area contributed by atoms with Crippen LogP contribution in [0.2, 0.25) is 24.2 Å². The minimum absolute atomic E-state index is 0.132. The Labute approximate surface area is 688 Å². The maximum Gasteiger partial charge on any atom is 0.500 e. The third-order valence-electron chi connectivity index (χ3n) is 19.1. The smallest absolute Gasteiger partial charge is 0.374 e. The predicted molar refractivity (Wildman–Crippen MR) is 470 cm³/mol. The topological polar surface area (TPSA) is 309 Å². The largest absolute Gasteiger partial charge is 0.500 e. The van der Waals surface area contributed by atoms with Crippen molar-refractivity contribution in [1.29, 1.82) is 0 Å². The average molecular weight is 1660 g/mol. The highest BCUT2D eigenvalue weighted by Gasteiger charge is 2.43. The number of amides is 6. The normalized spacial score (nSPS) is 12.3. The lowest BCUT2D eigenvalue weighted by Crippen LogP contribution is -2.46. The van der Waals surface area contributed by atoms with E-state index in [1.165, 1.54) is 0 Å². The number of fused-ring (bicyclic) bond motifs is 8. The molecule has 8 N–H and O–H groups in total. The van der Waals surface area contributed by atoms with Gasteiger partial charge in [0.25, 0.3) is 0 Å². The highest BCUT2D eigenvalue weighted by molar-refractivity contribution is 6.62.